The Morgan fingerprint density at radius 1 is 1.24 bits per heavy atom. The molecule has 1 fully saturated rings. The average Bonchev–Trinajstić information content (AvgIpc) is 3.05. The van der Waals surface area contributed by atoms with Gasteiger partial charge in [0, 0.05) is 12.2 Å². The molecule has 4 rings (SSSR count). The predicted molar refractivity (Wildman–Crippen MR) is 84.7 cm³/mol. The van der Waals surface area contributed by atoms with Gasteiger partial charge >= 0.3 is 0 Å². The molecule has 2 aliphatic rings. The van der Waals surface area contributed by atoms with E-state index < -0.39 is 0 Å². The zero-order chi connectivity index (χ0) is 14.1. The first-order valence-electron chi connectivity index (χ1n) is 7.67. The number of para-hydroxylation sites is 1. The van der Waals surface area contributed by atoms with E-state index in [1.165, 1.54) is 36.3 Å². The van der Waals surface area contributed by atoms with Gasteiger partial charge in [-0.15, -0.1) is 0 Å². The van der Waals surface area contributed by atoms with Crippen LogP contribution in [0.2, 0.25) is 0 Å². The third-order valence-corrected chi connectivity index (χ3v) is 5.67. The van der Waals surface area contributed by atoms with Crippen molar-refractivity contribution < 1.29 is 4.52 Å². The number of hydrogen-bond donors (Lipinski definition) is 1. The first-order valence-corrected chi connectivity index (χ1v) is 8.72. The summed E-state index contributed by atoms with van der Waals surface area (Å²) in [6.45, 7) is 0.871. The monoisotopic (exact) mass is 301 g/mol. The zero-order valence-electron chi connectivity index (χ0n) is 11.9. The topological polar surface area (TPSA) is 51.0 Å². The van der Waals surface area contributed by atoms with Crippen molar-refractivity contribution in [3.05, 3.63) is 41.5 Å². The van der Waals surface area contributed by atoms with E-state index in [4.69, 9.17) is 9.51 Å². The Balaban J connectivity index is 1.51. The van der Waals surface area contributed by atoms with Crippen LogP contribution in [0.4, 0.5) is 5.69 Å². The first-order chi connectivity index (χ1) is 10.4. The van der Waals surface area contributed by atoms with Gasteiger partial charge in [-0.2, -0.15) is 16.7 Å². The van der Waals surface area contributed by atoms with Gasteiger partial charge in [0.1, 0.15) is 0 Å². The second kappa shape index (κ2) is 5.72. The molecule has 0 radical (unpaired) electrons. The van der Waals surface area contributed by atoms with Crippen LogP contribution in [-0.4, -0.2) is 22.4 Å². The van der Waals surface area contributed by atoms with Gasteiger partial charge in [-0.1, -0.05) is 29.8 Å². The van der Waals surface area contributed by atoms with Crippen LogP contribution < -0.4 is 5.32 Å². The quantitative estimate of drug-likeness (QED) is 0.915. The molecule has 1 saturated heterocycles. The van der Waals surface area contributed by atoms with Crippen LogP contribution in [0.3, 0.4) is 0 Å². The first kappa shape index (κ1) is 13.2. The van der Waals surface area contributed by atoms with Gasteiger partial charge in [0.2, 0.25) is 5.89 Å². The standard InChI is InChI=1S/C16H19N3OS/c1-2-6-13-11(5-1)9-12(10-17-13)16-18-15(19-20-16)14-7-3-4-8-21-14/h1-2,5-6,12,14,17H,3-4,7-10H2. The zero-order valence-corrected chi connectivity index (χ0v) is 12.7. The highest BCUT2D eigenvalue weighted by Gasteiger charge is 2.27. The maximum Gasteiger partial charge on any atom is 0.231 e. The molecule has 3 heterocycles. The van der Waals surface area contributed by atoms with Gasteiger partial charge in [0.25, 0.3) is 0 Å². The number of hydrogen-bond acceptors (Lipinski definition) is 5. The number of nitrogens with zero attached hydrogens (tertiary/aromatic N) is 2. The number of nitrogens with one attached hydrogen (secondary N) is 1. The normalized spacial score (nSPS) is 25.1. The molecule has 0 bridgehead atoms. The number of fused-ring (bicyclic) bond motifs is 1. The highest BCUT2D eigenvalue weighted by atomic mass is 32.2. The Morgan fingerprint density at radius 3 is 3.10 bits per heavy atom. The lowest BCUT2D eigenvalue weighted by Gasteiger charge is -2.23. The highest BCUT2D eigenvalue weighted by Crippen LogP contribution is 2.37. The molecule has 2 unspecified atom stereocenters. The number of benzene rings is 1. The lowest BCUT2D eigenvalue weighted by atomic mass is 9.94. The Kier molecular flexibility index (Phi) is 3.59. The minimum absolute atomic E-state index is 0.287. The molecule has 5 heteroatoms. The molecule has 2 aliphatic heterocycles. The second-order valence-electron chi connectivity index (χ2n) is 5.79. The van der Waals surface area contributed by atoms with Gasteiger partial charge in [-0.3, -0.25) is 0 Å². The molecule has 0 spiro atoms. The van der Waals surface area contributed by atoms with Gasteiger partial charge in [-0.05, 0) is 36.6 Å². The van der Waals surface area contributed by atoms with Gasteiger partial charge in [0.15, 0.2) is 5.82 Å². The molecule has 4 nitrogen and oxygen atoms in total. The van der Waals surface area contributed by atoms with E-state index in [-0.39, 0.29) is 5.92 Å². The van der Waals surface area contributed by atoms with Crippen LogP contribution in [-0.2, 0) is 6.42 Å². The van der Waals surface area contributed by atoms with E-state index in [1.54, 1.807) is 0 Å². The number of thioether (sulfide) groups is 1. The summed E-state index contributed by atoms with van der Waals surface area (Å²) in [6, 6.07) is 8.45. The van der Waals surface area contributed by atoms with Crippen molar-refractivity contribution in [2.75, 3.05) is 17.6 Å². The lowest BCUT2D eigenvalue weighted by Crippen LogP contribution is -2.21. The summed E-state index contributed by atoms with van der Waals surface area (Å²) in [6.07, 6.45) is 4.74. The molecule has 1 aromatic carbocycles. The molecule has 0 saturated carbocycles. The summed E-state index contributed by atoms with van der Waals surface area (Å²) in [5.74, 6) is 3.19. The van der Waals surface area contributed by atoms with E-state index in [0.717, 1.165) is 24.7 Å². The minimum atomic E-state index is 0.287. The SMILES string of the molecule is c1ccc2c(c1)CC(c1nc(C3CCCCS3)no1)CN2. The van der Waals surface area contributed by atoms with Crippen molar-refractivity contribution in [2.45, 2.75) is 36.9 Å². The summed E-state index contributed by atoms with van der Waals surface area (Å²) in [5.41, 5.74) is 2.57. The van der Waals surface area contributed by atoms with Gasteiger partial charge in [-0.25, -0.2) is 0 Å². The Bertz CT molecular complexity index is 621. The van der Waals surface area contributed by atoms with Crippen molar-refractivity contribution in [3.63, 3.8) is 0 Å². The summed E-state index contributed by atoms with van der Waals surface area (Å²) < 4.78 is 5.56. The fourth-order valence-electron chi connectivity index (χ4n) is 3.10. The van der Waals surface area contributed by atoms with Crippen molar-refractivity contribution in [1.29, 1.82) is 0 Å². The summed E-state index contributed by atoms with van der Waals surface area (Å²) >= 11 is 1.96. The molecule has 1 N–H and O–H groups in total. The third kappa shape index (κ3) is 2.67. The Hall–Kier alpha value is -1.49. The molecule has 0 aliphatic carbocycles. The van der Waals surface area contributed by atoms with E-state index in [9.17, 15) is 0 Å². The highest BCUT2D eigenvalue weighted by molar-refractivity contribution is 7.99. The van der Waals surface area contributed by atoms with E-state index in [1.807, 2.05) is 11.8 Å². The smallest absolute Gasteiger partial charge is 0.231 e. The van der Waals surface area contributed by atoms with Crippen molar-refractivity contribution >= 4 is 17.4 Å². The molecule has 110 valence electrons. The molecular formula is C16H19N3OS. The molecule has 2 atom stereocenters. The van der Waals surface area contributed by atoms with Crippen LogP contribution in [0, 0.1) is 0 Å². The molecular weight excluding hydrogens is 282 g/mol. The molecule has 0 amide bonds. The average molecular weight is 301 g/mol. The van der Waals surface area contributed by atoms with Crippen molar-refractivity contribution in [1.82, 2.24) is 10.1 Å². The van der Waals surface area contributed by atoms with Crippen LogP contribution in [0.25, 0.3) is 0 Å². The van der Waals surface area contributed by atoms with Crippen LogP contribution in [0.1, 0.15) is 47.7 Å². The van der Waals surface area contributed by atoms with Crippen LogP contribution in [0.15, 0.2) is 28.8 Å². The number of anilines is 1. The van der Waals surface area contributed by atoms with E-state index >= 15 is 0 Å². The molecule has 2 aromatic rings. The van der Waals surface area contributed by atoms with Crippen LogP contribution >= 0.6 is 11.8 Å². The Labute approximate surface area is 128 Å². The number of aromatic nitrogens is 2. The number of rotatable bonds is 2. The minimum Gasteiger partial charge on any atom is -0.384 e. The lowest BCUT2D eigenvalue weighted by molar-refractivity contribution is 0.349. The van der Waals surface area contributed by atoms with Gasteiger partial charge < -0.3 is 9.84 Å². The van der Waals surface area contributed by atoms with Crippen molar-refractivity contribution in [2.24, 2.45) is 0 Å². The van der Waals surface area contributed by atoms with E-state index in [2.05, 4.69) is 34.7 Å². The Morgan fingerprint density at radius 2 is 2.19 bits per heavy atom. The maximum atomic E-state index is 5.56. The van der Waals surface area contributed by atoms with Gasteiger partial charge in [0.05, 0.1) is 11.2 Å². The van der Waals surface area contributed by atoms with Crippen LogP contribution in [0.5, 0.6) is 0 Å². The summed E-state index contributed by atoms with van der Waals surface area (Å²) in [4.78, 5) is 4.69. The summed E-state index contributed by atoms with van der Waals surface area (Å²) in [5, 5.41) is 8.13. The largest absolute Gasteiger partial charge is 0.384 e. The second-order valence-corrected chi connectivity index (χ2v) is 7.10. The molecule has 21 heavy (non-hydrogen) atoms. The third-order valence-electron chi connectivity index (χ3n) is 4.30. The maximum absolute atomic E-state index is 5.56. The van der Waals surface area contributed by atoms with E-state index in [0.29, 0.717) is 5.25 Å². The molecule has 1 aromatic heterocycles. The predicted octanol–water partition coefficient (Wildman–Crippen LogP) is 3.78. The summed E-state index contributed by atoms with van der Waals surface area (Å²) in [7, 11) is 0. The fourth-order valence-corrected chi connectivity index (χ4v) is 4.34. The fraction of sp³-hybridized carbons (Fsp3) is 0.500. The van der Waals surface area contributed by atoms with Crippen molar-refractivity contribution in [3.8, 4) is 0 Å².